The SMILES string of the molecule is C1CCC1.CS. The number of hydrogen-bond acceptors (Lipinski definition) is 1. The van der Waals surface area contributed by atoms with Gasteiger partial charge in [0.15, 0.2) is 0 Å². The van der Waals surface area contributed by atoms with Crippen LogP contribution in [-0.2, 0) is 0 Å². The monoisotopic (exact) mass is 104 g/mol. The third-order valence-electron chi connectivity index (χ3n) is 1.000. The van der Waals surface area contributed by atoms with Gasteiger partial charge in [0.2, 0.25) is 0 Å². The molecule has 0 nitrogen and oxygen atoms in total. The van der Waals surface area contributed by atoms with Crippen LogP contribution >= 0.6 is 12.6 Å². The van der Waals surface area contributed by atoms with E-state index in [4.69, 9.17) is 0 Å². The molecule has 0 atom stereocenters. The van der Waals surface area contributed by atoms with E-state index in [-0.39, 0.29) is 0 Å². The fourth-order valence-corrected chi connectivity index (χ4v) is 0.250. The second-order valence-electron chi connectivity index (χ2n) is 1.41. The molecule has 0 aromatic heterocycles. The van der Waals surface area contributed by atoms with Crippen molar-refractivity contribution in [1.29, 1.82) is 0 Å². The van der Waals surface area contributed by atoms with Crippen molar-refractivity contribution >= 4 is 12.6 Å². The highest BCUT2D eigenvalue weighted by atomic mass is 32.1. The van der Waals surface area contributed by atoms with E-state index in [0.717, 1.165) is 0 Å². The third-order valence-corrected chi connectivity index (χ3v) is 1.000. The van der Waals surface area contributed by atoms with Crippen molar-refractivity contribution in [1.82, 2.24) is 0 Å². The van der Waals surface area contributed by atoms with Crippen molar-refractivity contribution in [3.05, 3.63) is 0 Å². The lowest BCUT2D eigenvalue weighted by molar-refractivity contribution is 0.504. The van der Waals surface area contributed by atoms with Crippen molar-refractivity contribution < 1.29 is 0 Å². The first-order chi connectivity index (χ1) is 3.00. The summed E-state index contributed by atoms with van der Waals surface area (Å²) in [6.07, 6.45) is 7.69. The Morgan fingerprint density at radius 1 is 0.833 bits per heavy atom. The second kappa shape index (κ2) is 5.35. The van der Waals surface area contributed by atoms with Gasteiger partial charge in [-0.2, -0.15) is 12.6 Å². The molecule has 6 heavy (non-hydrogen) atoms. The molecule has 0 aromatic rings. The molecule has 1 saturated carbocycles. The summed E-state index contributed by atoms with van der Waals surface area (Å²) in [6.45, 7) is 0. The molecule has 0 unspecified atom stereocenters. The lowest BCUT2D eigenvalue weighted by Crippen LogP contribution is -1.85. The van der Waals surface area contributed by atoms with Crippen molar-refractivity contribution in [2.45, 2.75) is 25.7 Å². The van der Waals surface area contributed by atoms with Crippen LogP contribution in [0.2, 0.25) is 0 Å². The van der Waals surface area contributed by atoms with Crippen LogP contribution in [0.25, 0.3) is 0 Å². The minimum absolute atomic E-state index is 1.50. The van der Waals surface area contributed by atoms with Crippen LogP contribution in [-0.4, -0.2) is 6.26 Å². The second-order valence-corrected chi connectivity index (χ2v) is 1.41. The topological polar surface area (TPSA) is 0 Å². The van der Waals surface area contributed by atoms with Crippen molar-refractivity contribution in [2.24, 2.45) is 0 Å². The molecule has 1 heteroatoms. The molecular formula is C5H12S. The molecule has 1 aliphatic rings. The van der Waals surface area contributed by atoms with Gasteiger partial charge >= 0.3 is 0 Å². The van der Waals surface area contributed by atoms with E-state index in [9.17, 15) is 0 Å². The van der Waals surface area contributed by atoms with Crippen molar-refractivity contribution in [3.8, 4) is 0 Å². The van der Waals surface area contributed by atoms with Crippen LogP contribution in [0.3, 0.4) is 0 Å². The van der Waals surface area contributed by atoms with Gasteiger partial charge in [0.05, 0.1) is 0 Å². The summed E-state index contributed by atoms with van der Waals surface area (Å²) in [6, 6.07) is 0. The molecule has 0 bridgehead atoms. The van der Waals surface area contributed by atoms with Crippen LogP contribution in [0.5, 0.6) is 0 Å². The molecule has 0 saturated heterocycles. The van der Waals surface area contributed by atoms with Gasteiger partial charge in [-0.25, -0.2) is 0 Å². The zero-order chi connectivity index (χ0) is 4.83. The molecule has 0 N–H and O–H groups in total. The molecule has 0 aliphatic heterocycles. The van der Waals surface area contributed by atoms with E-state index in [1.165, 1.54) is 25.7 Å². The first-order valence-corrected chi connectivity index (χ1v) is 3.34. The Balaban J connectivity index is 0.000000112. The van der Waals surface area contributed by atoms with E-state index >= 15 is 0 Å². The average Bonchev–Trinajstić information content (AvgIpc) is 1.36. The highest BCUT2D eigenvalue weighted by Gasteiger charge is 1.95. The predicted octanol–water partition coefficient (Wildman–Crippen LogP) is 2.11. The van der Waals surface area contributed by atoms with E-state index in [1.807, 2.05) is 0 Å². The normalized spacial score (nSPS) is 17.0. The smallest absolute Gasteiger partial charge is 0.0215 e. The Bertz CT molecular complexity index is 11.9. The standard InChI is InChI=1S/C4H8.CH4S/c1-2-4-3-1;1-2/h1-4H2;2H,1H3. The zero-order valence-electron chi connectivity index (χ0n) is 4.28. The Morgan fingerprint density at radius 3 is 1.00 bits per heavy atom. The minimum atomic E-state index is 1.50. The van der Waals surface area contributed by atoms with Gasteiger partial charge in [-0.15, -0.1) is 0 Å². The number of rotatable bonds is 0. The third kappa shape index (κ3) is 2.58. The van der Waals surface area contributed by atoms with E-state index in [0.29, 0.717) is 0 Å². The average molecular weight is 104 g/mol. The highest BCUT2D eigenvalue weighted by Crippen LogP contribution is 2.15. The molecule has 0 aromatic carbocycles. The molecule has 0 heterocycles. The number of hydrogen-bond donors (Lipinski definition) is 1. The minimum Gasteiger partial charge on any atom is -0.183 e. The van der Waals surface area contributed by atoms with Crippen LogP contribution in [0.4, 0.5) is 0 Å². The summed E-state index contributed by atoms with van der Waals surface area (Å²) >= 11 is 3.53. The molecule has 1 aliphatic carbocycles. The molecule has 1 fully saturated rings. The van der Waals surface area contributed by atoms with Gasteiger partial charge in [-0.1, -0.05) is 25.7 Å². The maximum atomic E-state index is 3.53. The molecular weight excluding hydrogens is 92.1 g/mol. The van der Waals surface area contributed by atoms with Crippen LogP contribution in [0, 0.1) is 0 Å². The summed E-state index contributed by atoms with van der Waals surface area (Å²) in [4.78, 5) is 0. The van der Waals surface area contributed by atoms with Gasteiger partial charge in [-0.3, -0.25) is 0 Å². The largest absolute Gasteiger partial charge is 0.183 e. The first kappa shape index (κ1) is 6.35. The van der Waals surface area contributed by atoms with Gasteiger partial charge in [0, 0.05) is 0 Å². The first-order valence-electron chi connectivity index (χ1n) is 2.45. The van der Waals surface area contributed by atoms with E-state index in [1.54, 1.807) is 6.26 Å². The molecule has 0 amide bonds. The van der Waals surface area contributed by atoms with Crippen LogP contribution in [0.15, 0.2) is 0 Å². The maximum absolute atomic E-state index is 3.53. The predicted molar refractivity (Wildman–Crippen MR) is 33.4 cm³/mol. The summed E-state index contributed by atoms with van der Waals surface area (Å²) in [5.74, 6) is 0. The van der Waals surface area contributed by atoms with E-state index < -0.39 is 0 Å². The van der Waals surface area contributed by atoms with Gasteiger partial charge in [0.1, 0.15) is 0 Å². The Labute approximate surface area is 45.4 Å². The van der Waals surface area contributed by atoms with Crippen LogP contribution in [0.1, 0.15) is 25.7 Å². The molecule has 0 spiro atoms. The fourth-order valence-electron chi connectivity index (χ4n) is 0.250. The Morgan fingerprint density at radius 2 is 1.00 bits per heavy atom. The molecule has 38 valence electrons. The zero-order valence-corrected chi connectivity index (χ0v) is 5.17. The molecule has 1 rings (SSSR count). The maximum Gasteiger partial charge on any atom is -0.0215 e. The quantitative estimate of drug-likeness (QED) is 0.447. The Kier molecular flexibility index (Phi) is 5.66. The lowest BCUT2D eigenvalue weighted by atomic mass is 10.0. The summed E-state index contributed by atoms with van der Waals surface area (Å²) in [5, 5.41) is 0. The van der Waals surface area contributed by atoms with Gasteiger partial charge in [0.25, 0.3) is 0 Å². The molecule has 0 radical (unpaired) electrons. The lowest BCUT2D eigenvalue weighted by Gasteiger charge is -2.05. The Hall–Kier alpha value is 0.350. The summed E-state index contributed by atoms with van der Waals surface area (Å²) < 4.78 is 0. The van der Waals surface area contributed by atoms with Crippen LogP contribution < -0.4 is 0 Å². The van der Waals surface area contributed by atoms with Crippen molar-refractivity contribution in [2.75, 3.05) is 6.26 Å². The van der Waals surface area contributed by atoms with Gasteiger partial charge in [-0.05, 0) is 6.26 Å². The van der Waals surface area contributed by atoms with E-state index in [2.05, 4.69) is 12.6 Å². The fraction of sp³-hybridized carbons (Fsp3) is 1.00. The summed E-state index contributed by atoms with van der Waals surface area (Å²) in [5.41, 5.74) is 0. The van der Waals surface area contributed by atoms with Crippen molar-refractivity contribution in [3.63, 3.8) is 0 Å². The number of thiol groups is 1. The summed E-state index contributed by atoms with van der Waals surface area (Å²) in [7, 11) is 0. The highest BCUT2D eigenvalue weighted by molar-refractivity contribution is 7.79. The van der Waals surface area contributed by atoms with Gasteiger partial charge < -0.3 is 0 Å².